The van der Waals surface area contributed by atoms with Crippen LogP contribution in [0.5, 0.6) is 0 Å². The van der Waals surface area contributed by atoms with E-state index in [0.717, 1.165) is 10.5 Å². The second-order valence-electron chi connectivity index (χ2n) is 4.11. The van der Waals surface area contributed by atoms with E-state index in [1.807, 2.05) is 0 Å². The van der Waals surface area contributed by atoms with Gasteiger partial charge < -0.3 is 0 Å². The molecule has 0 fully saturated rings. The molecule has 1 heterocycles. The highest BCUT2D eigenvalue weighted by Gasteiger charge is 2.38. The highest BCUT2D eigenvalue weighted by molar-refractivity contribution is 6.52. The number of amides is 1. The second kappa shape index (κ2) is 3.91. The maximum absolute atomic E-state index is 12.4. The van der Waals surface area contributed by atoms with Gasteiger partial charge in [-0.15, -0.1) is 0 Å². The van der Waals surface area contributed by atoms with Gasteiger partial charge >= 0.3 is 0 Å². The van der Waals surface area contributed by atoms with Crippen molar-refractivity contribution in [2.45, 2.75) is 20.3 Å². The fourth-order valence-electron chi connectivity index (χ4n) is 2.14. The average molecular weight is 239 g/mol. The maximum atomic E-state index is 12.4. The van der Waals surface area contributed by atoms with Crippen LogP contribution in [0.3, 0.4) is 0 Å². The zero-order valence-electron chi connectivity index (χ0n) is 9.46. The summed E-state index contributed by atoms with van der Waals surface area (Å²) in [6.07, 6.45) is -2.65. The van der Waals surface area contributed by atoms with E-state index in [1.165, 1.54) is 0 Å². The molecule has 1 aliphatic heterocycles. The number of hydrogen-bond donors (Lipinski definition) is 0. The molecule has 0 radical (unpaired) electrons. The first-order valence-electron chi connectivity index (χ1n) is 5.17. The van der Waals surface area contributed by atoms with Gasteiger partial charge in [0.1, 0.15) is 0 Å². The maximum Gasteiger partial charge on any atom is 0.299 e. The van der Waals surface area contributed by atoms with Gasteiger partial charge in [-0.1, -0.05) is 6.07 Å². The molecule has 0 bridgehead atoms. The molecule has 1 aromatic carbocycles. The number of aryl methyl sites for hydroxylation is 2. The standard InChI is InChI=1S/C12H11F2NO2/c1-6-3-7(2)10-8(4-6)11(16)12(17)15(10)5-9(13)14/h3-4,9H,5H2,1-2H3. The van der Waals surface area contributed by atoms with E-state index in [4.69, 9.17) is 0 Å². The number of rotatable bonds is 2. The van der Waals surface area contributed by atoms with Crippen molar-refractivity contribution >= 4 is 17.4 Å². The molecule has 0 N–H and O–H groups in total. The van der Waals surface area contributed by atoms with Crippen molar-refractivity contribution in [2.75, 3.05) is 11.4 Å². The lowest BCUT2D eigenvalue weighted by molar-refractivity contribution is -0.114. The molecular formula is C12H11F2NO2. The van der Waals surface area contributed by atoms with E-state index in [2.05, 4.69) is 0 Å². The summed E-state index contributed by atoms with van der Waals surface area (Å²) in [5, 5.41) is 0. The van der Waals surface area contributed by atoms with Gasteiger partial charge in [0.15, 0.2) is 0 Å². The third-order valence-electron chi connectivity index (χ3n) is 2.72. The molecule has 0 saturated heterocycles. The van der Waals surface area contributed by atoms with Crippen molar-refractivity contribution in [2.24, 2.45) is 0 Å². The Morgan fingerprint density at radius 3 is 2.47 bits per heavy atom. The number of hydrogen-bond acceptors (Lipinski definition) is 2. The number of halogens is 2. The van der Waals surface area contributed by atoms with Crippen LogP contribution < -0.4 is 4.90 Å². The van der Waals surface area contributed by atoms with Crippen LogP contribution in [0, 0.1) is 13.8 Å². The Hall–Kier alpha value is -1.78. The van der Waals surface area contributed by atoms with Crippen molar-refractivity contribution in [3.05, 3.63) is 28.8 Å². The highest BCUT2D eigenvalue weighted by Crippen LogP contribution is 2.33. The molecule has 1 aromatic rings. The number of Topliss-reactive ketones (excluding diaryl/α,β-unsaturated/α-hetero) is 1. The predicted molar refractivity (Wildman–Crippen MR) is 58.6 cm³/mol. The highest BCUT2D eigenvalue weighted by atomic mass is 19.3. The summed E-state index contributed by atoms with van der Waals surface area (Å²) in [6, 6.07) is 3.33. The normalized spacial score (nSPS) is 14.8. The van der Waals surface area contributed by atoms with Crippen LogP contribution in [0.4, 0.5) is 14.5 Å². The Labute approximate surface area is 97.0 Å². The molecule has 0 aliphatic carbocycles. The second-order valence-corrected chi connectivity index (χ2v) is 4.11. The van der Waals surface area contributed by atoms with Crippen LogP contribution >= 0.6 is 0 Å². The van der Waals surface area contributed by atoms with Gasteiger partial charge in [0, 0.05) is 0 Å². The molecule has 5 heteroatoms. The Morgan fingerprint density at radius 1 is 1.24 bits per heavy atom. The molecule has 3 nitrogen and oxygen atoms in total. The Balaban J connectivity index is 2.56. The third kappa shape index (κ3) is 1.81. The topological polar surface area (TPSA) is 37.4 Å². The minimum absolute atomic E-state index is 0.230. The van der Waals surface area contributed by atoms with Crippen LogP contribution in [0.2, 0.25) is 0 Å². The molecule has 0 spiro atoms. The van der Waals surface area contributed by atoms with Crippen molar-refractivity contribution in [3.8, 4) is 0 Å². The third-order valence-corrected chi connectivity index (χ3v) is 2.72. The van der Waals surface area contributed by atoms with Crippen LogP contribution in [-0.4, -0.2) is 24.7 Å². The molecule has 0 atom stereocenters. The van der Waals surface area contributed by atoms with Gasteiger partial charge in [-0.25, -0.2) is 8.78 Å². The van der Waals surface area contributed by atoms with E-state index in [9.17, 15) is 18.4 Å². The van der Waals surface area contributed by atoms with Crippen LogP contribution in [0.25, 0.3) is 0 Å². The molecule has 17 heavy (non-hydrogen) atoms. The Kier molecular flexibility index (Phi) is 2.69. The average Bonchev–Trinajstić information content (AvgIpc) is 2.43. The molecule has 90 valence electrons. The number of ketones is 1. The van der Waals surface area contributed by atoms with Crippen molar-refractivity contribution in [1.82, 2.24) is 0 Å². The number of alkyl halides is 2. The van der Waals surface area contributed by atoms with Gasteiger partial charge in [-0.3, -0.25) is 14.5 Å². The van der Waals surface area contributed by atoms with Crippen molar-refractivity contribution < 1.29 is 18.4 Å². The van der Waals surface area contributed by atoms with Crippen LogP contribution in [0.15, 0.2) is 12.1 Å². The Morgan fingerprint density at radius 2 is 1.88 bits per heavy atom. The zero-order chi connectivity index (χ0) is 12.7. The molecule has 0 saturated carbocycles. The summed E-state index contributed by atoms with van der Waals surface area (Å²) in [7, 11) is 0. The number of carbonyl (C=O) groups excluding carboxylic acids is 2. The van der Waals surface area contributed by atoms with E-state index in [-0.39, 0.29) is 5.56 Å². The number of nitrogens with zero attached hydrogens (tertiary/aromatic N) is 1. The lowest BCUT2D eigenvalue weighted by atomic mass is 10.0. The lowest BCUT2D eigenvalue weighted by Gasteiger charge is -2.17. The summed E-state index contributed by atoms with van der Waals surface area (Å²) in [5.41, 5.74) is 2.06. The van der Waals surface area contributed by atoms with Crippen LogP contribution in [0.1, 0.15) is 21.5 Å². The zero-order valence-corrected chi connectivity index (χ0v) is 9.46. The molecule has 1 amide bonds. The summed E-state index contributed by atoms with van der Waals surface area (Å²) >= 11 is 0. The molecule has 1 aliphatic rings. The van der Waals surface area contributed by atoms with Gasteiger partial charge in [-0.05, 0) is 31.0 Å². The Bertz CT molecular complexity index is 511. The van der Waals surface area contributed by atoms with E-state index >= 15 is 0 Å². The number of benzene rings is 1. The van der Waals surface area contributed by atoms with E-state index in [0.29, 0.717) is 11.3 Å². The van der Waals surface area contributed by atoms with Gasteiger partial charge in [0.2, 0.25) is 0 Å². The van der Waals surface area contributed by atoms with Gasteiger partial charge in [0.05, 0.1) is 17.8 Å². The molecule has 0 unspecified atom stereocenters. The van der Waals surface area contributed by atoms with Gasteiger partial charge in [-0.2, -0.15) is 0 Å². The van der Waals surface area contributed by atoms with E-state index in [1.54, 1.807) is 26.0 Å². The quantitative estimate of drug-likeness (QED) is 0.741. The number of fused-ring (bicyclic) bond motifs is 1. The number of anilines is 1. The summed E-state index contributed by atoms with van der Waals surface area (Å²) in [6.45, 7) is 2.76. The SMILES string of the molecule is Cc1cc(C)c2c(c1)C(=O)C(=O)N2CC(F)F. The predicted octanol–water partition coefficient (Wildman–Crippen LogP) is 2.10. The fourth-order valence-corrected chi connectivity index (χ4v) is 2.14. The fraction of sp³-hybridized carbons (Fsp3) is 0.333. The van der Waals surface area contributed by atoms with Gasteiger partial charge in [0.25, 0.3) is 18.1 Å². The number of carbonyl (C=O) groups is 2. The first kappa shape index (κ1) is 11.7. The molecule has 2 rings (SSSR count). The summed E-state index contributed by atoms with van der Waals surface area (Å²) < 4.78 is 24.8. The minimum atomic E-state index is -2.65. The lowest BCUT2D eigenvalue weighted by Crippen LogP contribution is -2.34. The smallest absolute Gasteiger partial charge is 0.299 e. The van der Waals surface area contributed by atoms with Crippen LogP contribution in [-0.2, 0) is 4.79 Å². The minimum Gasteiger partial charge on any atom is -0.299 e. The molecular weight excluding hydrogens is 228 g/mol. The first-order valence-corrected chi connectivity index (χ1v) is 5.17. The monoisotopic (exact) mass is 239 g/mol. The van der Waals surface area contributed by atoms with E-state index < -0.39 is 24.7 Å². The largest absolute Gasteiger partial charge is 0.299 e. The first-order chi connectivity index (χ1) is 7.91. The molecule has 0 aromatic heterocycles. The van der Waals surface area contributed by atoms with Crippen molar-refractivity contribution in [1.29, 1.82) is 0 Å². The van der Waals surface area contributed by atoms with Crippen molar-refractivity contribution in [3.63, 3.8) is 0 Å². The summed E-state index contributed by atoms with van der Waals surface area (Å²) in [5.74, 6) is -1.57. The summed E-state index contributed by atoms with van der Waals surface area (Å²) in [4.78, 5) is 24.1.